The van der Waals surface area contributed by atoms with Gasteiger partial charge in [0.15, 0.2) is 5.76 Å². The Morgan fingerprint density at radius 3 is 2.82 bits per heavy atom. The molecule has 1 aliphatic heterocycles. The van der Waals surface area contributed by atoms with Crippen LogP contribution in [-0.2, 0) is 11.3 Å². The minimum Gasteiger partial charge on any atom is -0.497 e. The van der Waals surface area contributed by atoms with Crippen molar-refractivity contribution in [3.05, 3.63) is 65.6 Å². The largest absolute Gasteiger partial charge is 0.497 e. The van der Waals surface area contributed by atoms with Crippen molar-refractivity contribution in [1.29, 1.82) is 0 Å². The fourth-order valence-electron chi connectivity index (χ4n) is 3.55. The second kappa shape index (κ2) is 8.04. The molecule has 3 aromatic rings. The number of methoxy groups -OCH3 is 1. The predicted octanol–water partition coefficient (Wildman–Crippen LogP) is 3.37. The Hall–Kier alpha value is -2.83. The molecule has 1 atom stereocenters. The number of fused-ring (bicyclic) bond motifs is 1. The van der Waals surface area contributed by atoms with E-state index in [1.54, 1.807) is 20.2 Å². The Kier molecular flexibility index (Phi) is 5.32. The maximum absolute atomic E-state index is 11.7. The number of nitrogens with one attached hydrogen (secondary N) is 1. The fraction of sp³-hybridized carbons (Fsp3) is 0.318. The zero-order chi connectivity index (χ0) is 19.5. The number of nitrogens with zero attached hydrogens (tertiary/aromatic N) is 1. The topological polar surface area (TPSA) is 63.9 Å². The highest BCUT2D eigenvalue weighted by Crippen LogP contribution is 2.28. The van der Waals surface area contributed by atoms with E-state index in [0.717, 1.165) is 35.5 Å². The molecular weight excluding hydrogens is 356 g/mol. The van der Waals surface area contributed by atoms with E-state index in [-0.39, 0.29) is 12.0 Å². The molecule has 2 aromatic carbocycles. The molecule has 0 radical (unpaired) electrons. The van der Waals surface area contributed by atoms with Crippen LogP contribution in [0.1, 0.15) is 28.0 Å². The first-order valence-electron chi connectivity index (χ1n) is 9.39. The van der Waals surface area contributed by atoms with Gasteiger partial charge in [-0.1, -0.05) is 18.2 Å². The monoisotopic (exact) mass is 380 g/mol. The highest BCUT2D eigenvalue weighted by Gasteiger charge is 2.23. The number of amides is 1. The maximum Gasteiger partial charge on any atom is 0.286 e. The number of carbonyl (C=O) groups excluding carboxylic acids is 1. The van der Waals surface area contributed by atoms with Crippen LogP contribution in [-0.4, -0.2) is 44.7 Å². The van der Waals surface area contributed by atoms with Crippen LogP contribution in [0.5, 0.6) is 5.75 Å². The smallest absolute Gasteiger partial charge is 0.286 e. The van der Waals surface area contributed by atoms with Crippen LogP contribution in [0.2, 0.25) is 0 Å². The molecule has 4 rings (SSSR count). The summed E-state index contributed by atoms with van der Waals surface area (Å²) < 4.78 is 17.0. The maximum atomic E-state index is 11.7. The van der Waals surface area contributed by atoms with E-state index in [2.05, 4.69) is 34.5 Å². The van der Waals surface area contributed by atoms with Gasteiger partial charge in [-0.05, 0) is 46.7 Å². The number of furan rings is 1. The van der Waals surface area contributed by atoms with Crippen LogP contribution in [0.15, 0.2) is 52.9 Å². The number of rotatable bonds is 5. The zero-order valence-corrected chi connectivity index (χ0v) is 16.1. The Morgan fingerprint density at radius 1 is 1.18 bits per heavy atom. The minimum absolute atomic E-state index is 0.00799. The third kappa shape index (κ3) is 3.88. The molecule has 0 saturated carbocycles. The van der Waals surface area contributed by atoms with E-state index in [1.165, 1.54) is 5.39 Å². The van der Waals surface area contributed by atoms with Gasteiger partial charge in [-0.2, -0.15) is 0 Å². The summed E-state index contributed by atoms with van der Waals surface area (Å²) >= 11 is 0. The first-order chi connectivity index (χ1) is 13.7. The first kappa shape index (κ1) is 18.5. The number of benzene rings is 2. The van der Waals surface area contributed by atoms with E-state index in [9.17, 15) is 4.79 Å². The molecular formula is C22H24N2O4. The minimum atomic E-state index is -0.209. The van der Waals surface area contributed by atoms with Gasteiger partial charge in [-0.3, -0.25) is 9.69 Å². The second-order valence-electron chi connectivity index (χ2n) is 6.91. The summed E-state index contributed by atoms with van der Waals surface area (Å²) in [6.45, 7) is 2.92. The molecule has 1 N–H and O–H groups in total. The third-order valence-electron chi connectivity index (χ3n) is 5.09. The number of hydrogen-bond acceptors (Lipinski definition) is 5. The summed E-state index contributed by atoms with van der Waals surface area (Å²) in [6, 6.07) is 16.1. The van der Waals surface area contributed by atoms with Gasteiger partial charge in [-0.15, -0.1) is 0 Å². The SMILES string of the molecule is CNC(=O)c1ccc(CN2CCOC(c3ccc4cc(OC)ccc4c3)C2)o1. The van der Waals surface area contributed by atoms with Crippen LogP contribution in [0, 0.1) is 0 Å². The van der Waals surface area contributed by atoms with E-state index < -0.39 is 0 Å². The van der Waals surface area contributed by atoms with Crippen molar-refractivity contribution < 1.29 is 18.7 Å². The van der Waals surface area contributed by atoms with E-state index in [1.807, 2.05) is 18.2 Å². The summed E-state index contributed by atoms with van der Waals surface area (Å²) in [5.74, 6) is 1.77. The number of morpholine rings is 1. The standard InChI is InChI=1S/C22H24N2O4/c1-23-22(25)20-8-7-19(28-20)13-24-9-10-27-21(14-24)17-4-3-16-12-18(26-2)6-5-15(16)11-17/h3-8,11-12,21H,9-10,13-14H2,1-2H3,(H,23,25). The van der Waals surface area contributed by atoms with E-state index in [4.69, 9.17) is 13.9 Å². The molecule has 1 unspecified atom stereocenters. The van der Waals surface area contributed by atoms with Gasteiger partial charge in [0.2, 0.25) is 0 Å². The van der Waals surface area contributed by atoms with E-state index in [0.29, 0.717) is 18.9 Å². The molecule has 28 heavy (non-hydrogen) atoms. The molecule has 0 spiro atoms. The molecule has 1 aliphatic rings. The molecule has 6 nitrogen and oxygen atoms in total. The average molecular weight is 380 g/mol. The van der Waals surface area contributed by atoms with Gasteiger partial charge in [-0.25, -0.2) is 0 Å². The lowest BCUT2D eigenvalue weighted by Gasteiger charge is -2.32. The average Bonchev–Trinajstić information content (AvgIpc) is 3.21. The van der Waals surface area contributed by atoms with Crippen molar-refractivity contribution in [3.8, 4) is 5.75 Å². The van der Waals surface area contributed by atoms with Crippen LogP contribution in [0.25, 0.3) is 10.8 Å². The molecule has 6 heteroatoms. The van der Waals surface area contributed by atoms with Gasteiger partial charge < -0.3 is 19.2 Å². The van der Waals surface area contributed by atoms with Crippen molar-refractivity contribution >= 4 is 16.7 Å². The predicted molar refractivity (Wildman–Crippen MR) is 107 cm³/mol. The molecule has 0 bridgehead atoms. The third-order valence-corrected chi connectivity index (χ3v) is 5.09. The van der Waals surface area contributed by atoms with Crippen LogP contribution >= 0.6 is 0 Å². The molecule has 146 valence electrons. The van der Waals surface area contributed by atoms with E-state index >= 15 is 0 Å². The highest BCUT2D eigenvalue weighted by molar-refractivity contribution is 5.91. The number of carbonyl (C=O) groups is 1. The Labute approximate surface area is 164 Å². The fourth-order valence-corrected chi connectivity index (χ4v) is 3.55. The summed E-state index contributed by atoms with van der Waals surface area (Å²) in [4.78, 5) is 13.9. The molecule has 1 amide bonds. The molecule has 1 fully saturated rings. The Bertz CT molecular complexity index is 982. The molecule has 1 saturated heterocycles. The van der Waals surface area contributed by atoms with Gasteiger partial charge in [0.05, 0.1) is 26.4 Å². The summed E-state index contributed by atoms with van der Waals surface area (Å²) in [6.07, 6.45) is 0.00799. The first-order valence-corrected chi connectivity index (χ1v) is 9.39. The summed E-state index contributed by atoms with van der Waals surface area (Å²) in [7, 11) is 3.27. The molecule has 1 aromatic heterocycles. The lowest BCUT2D eigenvalue weighted by Crippen LogP contribution is -2.37. The number of ether oxygens (including phenoxy) is 2. The van der Waals surface area contributed by atoms with Crippen molar-refractivity contribution in [2.24, 2.45) is 0 Å². The molecule has 2 heterocycles. The summed E-state index contributed by atoms with van der Waals surface area (Å²) in [5, 5.41) is 4.89. The van der Waals surface area contributed by atoms with Crippen LogP contribution in [0.4, 0.5) is 0 Å². The number of hydrogen-bond donors (Lipinski definition) is 1. The lowest BCUT2D eigenvalue weighted by atomic mass is 10.0. The quantitative estimate of drug-likeness (QED) is 0.735. The molecule has 0 aliphatic carbocycles. The van der Waals surface area contributed by atoms with Crippen LogP contribution in [0.3, 0.4) is 0 Å². The highest BCUT2D eigenvalue weighted by atomic mass is 16.5. The van der Waals surface area contributed by atoms with Crippen molar-refractivity contribution in [1.82, 2.24) is 10.2 Å². The lowest BCUT2D eigenvalue weighted by molar-refractivity contribution is -0.0346. The van der Waals surface area contributed by atoms with Gasteiger partial charge >= 0.3 is 0 Å². The Balaban J connectivity index is 1.46. The van der Waals surface area contributed by atoms with Gasteiger partial charge in [0.1, 0.15) is 11.5 Å². The summed E-state index contributed by atoms with van der Waals surface area (Å²) in [5.41, 5.74) is 1.16. The van der Waals surface area contributed by atoms with Gasteiger partial charge in [0.25, 0.3) is 5.91 Å². The van der Waals surface area contributed by atoms with Crippen molar-refractivity contribution in [3.63, 3.8) is 0 Å². The van der Waals surface area contributed by atoms with Gasteiger partial charge in [0, 0.05) is 20.1 Å². The normalized spacial score (nSPS) is 17.6. The second-order valence-corrected chi connectivity index (χ2v) is 6.91. The van der Waals surface area contributed by atoms with Crippen LogP contribution < -0.4 is 10.1 Å². The zero-order valence-electron chi connectivity index (χ0n) is 16.1. The van der Waals surface area contributed by atoms with Crippen molar-refractivity contribution in [2.45, 2.75) is 12.6 Å². The Morgan fingerprint density at radius 2 is 2.00 bits per heavy atom. The van der Waals surface area contributed by atoms with Crippen molar-refractivity contribution in [2.75, 3.05) is 33.9 Å².